The number of anilines is 1. The zero-order chi connectivity index (χ0) is 24.6. The topological polar surface area (TPSA) is 95.1 Å². The molecule has 2 heterocycles. The molecule has 7 nitrogen and oxygen atoms in total. The second-order valence-corrected chi connectivity index (χ2v) is 8.89. The van der Waals surface area contributed by atoms with E-state index < -0.39 is 0 Å². The molecule has 2 N–H and O–H groups in total. The van der Waals surface area contributed by atoms with Crippen molar-refractivity contribution in [1.82, 2.24) is 19.7 Å². The fourth-order valence-electron chi connectivity index (χ4n) is 4.25. The summed E-state index contributed by atoms with van der Waals surface area (Å²) in [5.41, 5.74) is 5.62. The Morgan fingerprint density at radius 3 is 2.69 bits per heavy atom. The standard InChI is InChI=1S/C28H21FN6O/c29-21-3-1-2-18(12-21)15-31-26-27-32-16-25(35(27)24-11-4-17(14-30)13-23(24)34-26)19-5-7-20(8-6-19)28(36)33-22-9-10-22/h1-8,11-13,16,22H,9-10,15H2,(H,31,34)(H,33,36). The molecule has 0 bridgehead atoms. The van der Waals surface area contributed by atoms with Gasteiger partial charge < -0.3 is 10.6 Å². The molecule has 176 valence electrons. The monoisotopic (exact) mass is 476 g/mol. The highest BCUT2D eigenvalue weighted by atomic mass is 19.1. The molecule has 36 heavy (non-hydrogen) atoms. The molecule has 6 rings (SSSR count). The van der Waals surface area contributed by atoms with Crippen LogP contribution in [-0.4, -0.2) is 26.3 Å². The maximum absolute atomic E-state index is 13.7. The van der Waals surface area contributed by atoms with Gasteiger partial charge in [0.15, 0.2) is 11.5 Å². The van der Waals surface area contributed by atoms with Crippen molar-refractivity contribution in [1.29, 1.82) is 5.26 Å². The highest BCUT2D eigenvalue weighted by molar-refractivity contribution is 5.95. The van der Waals surface area contributed by atoms with Crippen molar-refractivity contribution in [3.05, 3.63) is 95.4 Å². The molecule has 8 heteroatoms. The van der Waals surface area contributed by atoms with Gasteiger partial charge in [-0.25, -0.2) is 14.4 Å². The van der Waals surface area contributed by atoms with Crippen LogP contribution in [0.5, 0.6) is 0 Å². The quantitative estimate of drug-likeness (QED) is 0.357. The number of nitriles is 1. The zero-order valence-electron chi connectivity index (χ0n) is 19.2. The minimum Gasteiger partial charge on any atom is -0.363 e. The van der Waals surface area contributed by atoms with E-state index in [1.807, 2.05) is 40.8 Å². The number of hydrogen-bond acceptors (Lipinski definition) is 5. The van der Waals surface area contributed by atoms with Crippen LogP contribution in [0.3, 0.4) is 0 Å². The number of amides is 1. The molecule has 3 aromatic carbocycles. The first-order valence-corrected chi connectivity index (χ1v) is 11.7. The van der Waals surface area contributed by atoms with Crippen molar-refractivity contribution in [2.75, 3.05) is 5.32 Å². The van der Waals surface area contributed by atoms with Gasteiger partial charge >= 0.3 is 0 Å². The van der Waals surface area contributed by atoms with Crippen LogP contribution in [0, 0.1) is 17.1 Å². The van der Waals surface area contributed by atoms with Crippen LogP contribution in [-0.2, 0) is 6.54 Å². The molecular formula is C28H21FN6O. The van der Waals surface area contributed by atoms with E-state index in [1.165, 1.54) is 12.1 Å². The molecule has 2 aromatic heterocycles. The largest absolute Gasteiger partial charge is 0.363 e. The highest BCUT2D eigenvalue weighted by Crippen LogP contribution is 2.29. The normalized spacial score (nSPS) is 13.0. The van der Waals surface area contributed by atoms with E-state index in [0.29, 0.717) is 40.7 Å². The van der Waals surface area contributed by atoms with Gasteiger partial charge in [-0.3, -0.25) is 9.20 Å². The lowest BCUT2D eigenvalue weighted by Gasteiger charge is -2.12. The van der Waals surface area contributed by atoms with Crippen molar-refractivity contribution in [2.24, 2.45) is 0 Å². The van der Waals surface area contributed by atoms with Gasteiger partial charge in [0.2, 0.25) is 0 Å². The van der Waals surface area contributed by atoms with Crippen molar-refractivity contribution in [3.8, 4) is 17.3 Å². The Hall–Kier alpha value is -4.77. The lowest BCUT2D eigenvalue weighted by molar-refractivity contribution is 0.0951. The maximum Gasteiger partial charge on any atom is 0.251 e. The predicted molar refractivity (Wildman–Crippen MR) is 135 cm³/mol. The van der Waals surface area contributed by atoms with Crippen LogP contribution in [0.15, 0.2) is 72.9 Å². The summed E-state index contributed by atoms with van der Waals surface area (Å²) >= 11 is 0. The van der Waals surface area contributed by atoms with Crippen LogP contribution in [0.2, 0.25) is 0 Å². The number of carbonyl (C=O) groups is 1. The molecule has 0 aliphatic heterocycles. The third-order valence-corrected chi connectivity index (χ3v) is 6.26. The van der Waals surface area contributed by atoms with Crippen molar-refractivity contribution >= 4 is 28.4 Å². The number of nitrogens with one attached hydrogen (secondary N) is 2. The first-order chi connectivity index (χ1) is 17.6. The lowest BCUT2D eigenvalue weighted by atomic mass is 10.1. The van der Waals surface area contributed by atoms with Crippen LogP contribution >= 0.6 is 0 Å². The molecule has 0 unspecified atom stereocenters. The summed E-state index contributed by atoms with van der Waals surface area (Å²) in [5, 5.41) is 15.7. The van der Waals surface area contributed by atoms with Gasteiger partial charge in [0.25, 0.3) is 5.91 Å². The molecule has 0 radical (unpaired) electrons. The Kier molecular flexibility index (Phi) is 5.30. The molecule has 1 amide bonds. The van der Waals surface area contributed by atoms with E-state index in [4.69, 9.17) is 4.98 Å². The van der Waals surface area contributed by atoms with Crippen molar-refractivity contribution in [2.45, 2.75) is 25.4 Å². The molecule has 1 aliphatic rings. The summed E-state index contributed by atoms with van der Waals surface area (Å²) in [5.74, 6) is 0.153. The number of rotatable bonds is 6. The number of fused-ring (bicyclic) bond motifs is 3. The zero-order valence-corrected chi connectivity index (χ0v) is 19.2. The second-order valence-electron chi connectivity index (χ2n) is 8.89. The van der Waals surface area contributed by atoms with Gasteiger partial charge in [-0.1, -0.05) is 24.3 Å². The lowest BCUT2D eigenvalue weighted by Crippen LogP contribution is -2.25. The van der Waals surface area contributed by atoms with Crippen LogP contribution in [0.25, 0.3) is 27.9 Å². The summed E-state index contributed by atoms with van der Waals surface area (Å²) in [6.45, 7) is 0.358. The van der Waals surface area contributed by atoms with Gasteiger partial charge in [-0.2, -0.15) is 5.26 Å². The van der Waals surface area contributed by atoms with E-state index in [2.05, 4.69) is 21.7 Å². The van der Waals surface area contributed by atoms with E-state index in [0.717, 1.165) is 35.2 Å². The van der Waals surface area contributed by atoms with Gasteiger partial charge in [0.05, 0.1) is 34.6 Å². The average Bonchev–Trinajstić information content (AvgIpc) is 3.60. The number of hydrogen-bond donors (Lipinski definition) is 2. The summed E-state index contributed by atoms with van der Waals surface area (Å²) in [4.78, 5) is 21.8. The third-order valence-electron chi connectivity index (χ3n) is 6.26. The highest BCUT2D eigenvalue weighted by Gasteiger charge is 2.24. The molecule has 1 fully saturated rings. The predicted octanol–water partition coefficient (Wildman–Crippen LogP) is 5.06. The van der Waals surface area contributed by atoms with E-state index in [9.17, 15) is 14.4 Å². The smallest absolute Gasteiger partial charge is 0.251 e. The van der Waals surface area contributed by atoms with Crippen molar-refractivity contribution < 1.29 is 9.18 Å². The molecule has 1 aliphatic carbocycles. The number of aromatic nitrogens is 3. The summed E-state index contributed by atoms with van der Waals surface area (Å²) < 4.78 is 15.6. The van der Waals surface area contributed by atoms with E-state index >= 15 is 0 Å². The van der Waals surface area contributed by atoms with Gasteiger partial charge in [0.1, 0.15) is 5.82 Å². The van der Waals surface area contributed by atoms with Gasteiger partial charge in [-0.15, -0.1) is 0 Å². The minimum atomic E-state index is -0.304. The third kappa shape index (κ3) is 4.12. The molecule has 1 saturated carbocycles. The maximum atomic E-state index is 13.7. The molecule has 0 spiro atoms. The Balaban J connectivity index is 1.42. The number of benzene rings is 3. The molecular weight excluding hydrogens is 455 g/mol. The minimum absolute atomic E-state index is 0.0651. The number of nitrogens with zero attached hydrogens (tertiary/aromatic N) is 4. The van der Waals surface area contributed by atoms with E-state index in [-0.39, 0.29) is 11.7 Å². The Bertz CT molecular complexity index is 1660. The Morgan fingerprint density at radius 2 is 1.94 bits per heavy atom. The Morgan fingerprint density at radius 1 is 1.11 bits per heavy atom. The van der Waals surface area contributed by atoms with Gasteiger partial charge in [-0.05, 0) is 60.9 Å². The Labute approximate surface area is 206 Å². The average molecular weight is 477 g/mol. The molecule has 5 aromatic rings. The fraction of sp³-hybridized carbons (Fsp3) is 0.143. The van der Waals surface area contributed by atoms with Crippen LogP contribution in [0.1, 0.15) is 34.3 Å². The first kappa shape index (κ1) is 21.7. The fourth-order valence-corrected chi connectivity index (χ4v) is 4.25. The van der Waals surface area contributed by atoms with Crippen LogP contribution in [0.4, 0.5) is 10.2 Å². The summed E-state index contributed by atoms with van der Waals surface area (Å²) in [6, 6.07) is 21.6. The summed E-state index contributed by atoms with van der Waals surface area (Å²) in [6.07, 6.45) is 3.84. The number of halogens is 1. The number of imidazole rings is 1. The molecule has 0 saturated heterocycles. The van der Waals surface area contributed by atoms with Gasteiger partial charge in [0, 0.05) is 23.7 Å². The van der Waals surface area contributed by atoms with Crippen LogP contribution < -0.4 is 10.6 Å². The van der Waals surface area contributed by atoms with E-state index in [1.54, 1.807) is 24.4 Å². The first-order valence-electron chi connectivity index (χ1n) is 11.7. The number of carbonyl (C=O) groups excluding carboxylic acids is 1. The summed E-state index contributed by atoms with van der Waals surface area (Å²) in [7, 11) is 0. The second kappa shape index (κ2) is 8.78. The SMILES string of the molecule is N#Cc1ccc2c(c1)nc(NCc1cccc(F)c1)c1ncc(-c3ccc(C(=O)NC4CC4)cc3)n12. The molecule has 0 atom stereocenters. The van der Waals surface area contributed by atoms with Crippen molar-refractivity contribution in [3.63, 3.8) is 0 Å².